The Balaban J connectivity index is 1.94. The van der Waals surface area contributed by atoms with Crippen LogP contribution in [0.15, 0.2) is 0 Å². The maximum atomic E-state index is 12.8. The molecule has 2 aliphatic carbocycles. The van der Waals surface area contributed by atoms with Gasteiger partial charge in [-0.3, -0.25) is 4.79 Å². The van der Waals surface area contributed by atoms with Crippen molar-refractivity contribution >= 4 is 5.91 Å². The third-order valence-corrected chi connectivity index (χ3v) is 4.91. The Hall–Kier alpha value is -0.780. The van der Waals surface area contributed by atoms with E-state index in [0.717, 1.165) is 25.7 Å². The monoisotopic (exact) mass is 292 g/mol. The summed E-state index contributed by atoms with van der Waals surface area (Å²) in [5.74, 6) is -1.41. The summed E-state index contributed by atoms with van der Waals surface area (Å²) >= 11 is 0. The number of nitrogens with one attached hydrogen (secondary N) is 1. The molecule has 20 heavy (non-hydrogen) atoms. The van der Waals surface area contributed by atoms with Crippen LogP contribution in [0.4, 0.5) is 13.2 Å². The predicted molar refractivity (Wildman–Crippen MR) is 69.9 cm³/mol. The van der Waals surface area contributed by atoms with Crippen LogP contribution in [-0.4, -0.2) is 24.7 Å². The van der Waals surface area contributed by atoms with E-state index in [0.29, 0.717) is 12.8 Å². The quantitative estimate of drug-likeness (QED) is 0.840. The number of rotatable bonds is 3. The minimum atomic E-state index is -4.15. The lowest BCUT2D eigenvalue weighted by molar-refractivity contribution is -0.184. The Kier molecular flexibility index (Phi) is 4.62. The molecular weight excluding hydrogens is 269 g/mol. The molecule has 2 atom stereocenters. The van der Waals surface area contributed by atoms with Gasteiger partial charge in [0.15, 0.2) is 0 Å². The van der Waals surface area contributed by atoms with Crippen molar-refractivity contribution in [1.82, 2.24) is 5.32 Å². The number of nitrogens with two attached hydrogens (primary N) is 1. The van der Waals surface area contributed by atoms with E-state index in [4.69, 9.17) is 5.73 Å². The van der Waals surface area contributed by atoms with Crippen molar-refractivity contribution in [1.29, 1.82) is 0 Å². The first kappa shape index (κ1) is 15.6. The highest BCUT2D eigenvalue weighted by Crippen LogP contribution is 2.40. The summed E-state index contributed by atoms with van der Waals surface area (Å²) in [6.45, 7) is 0.286. The lowest BCUT2D eigenvalue weighted by Gasteiger charge is -2.34. The van der Waals surface area contributed by atoms with Crippen molar-refractivity contribution in [2.24, 2.45) is 17.1 Å². The third-order valence-electron chi connectivity index (χ3n) is 4.91. The van der Waals surface area contributed by atoms with Crippen LogP contribution >= 0.6 is 0 Å². The highest BCUT2D eigenvalue weighted by atomic mass is 19.4. The molecule has 0 aromatic rings. The number of hydrogen-bond acceptors (Lipinski definition) is 2. The van der Waals surface area contributed by atoms with Crippen LogP contribution in [0.1, 0.15) is 51.4 Å². The fourth-order valence-corrected chi connectivity index (χ4v) is 3.53. The number of alkyl halides is 3. The van der Waals surface area contributed by atoms with Crippen molar-refractivity contribution in [2.45, 2.75) is 63.6 Å². The molecule has 0 aromatic heterocycles. The molecule has 0 heterocycles. The van der Waals surface area contributed by atoms with Gasteiger partial charge < -0.3 is 11.1 Å². The van der Waals surface area contributed by atoms with Crippen LogP contribution in [-0.2, 0) is 4.79 Å². The normalized spacial score (nSPS) is 30.2. The Labute approximate surface area is 117 Å². The van der Waals surface area contributed by atoms with Crippen LogP contribution in [0.2, 0.25) is 0 Å². The van der Waals surface area contributed by atoms with Crippen LogP contribution in [0.25, 0.3) is 0 Å². The molecule has 2 aliphatic rings. The highest BCUT2D eigenvalue weighted by molar-refractivity contribution is 5.83. The number of halogens is 3. The summed E-state index contributed by atoms with van der Waals surface area (Å²) in [7, 11) is 0. The summed E-state index contributed by atoms with van der Waals surface area (Å²) in [4.78, 5) is 12.4. The van der Waals surface area contributed by atoms with Crippen LogP contribution in [0.5, 0.6) is 0 Å². The zero-order chi connectivity index (χ0) is 14.8. The van der Waals surface area contributed by atoms with E-state index in [1.165, 1.54) is 0 Å². The van der Waals surface area contributed by atoms with Crippen molar-refractivity contribution in [2.75, 3.05) is 6.54 Å². The van der Waals surface area contributed by atoms with E-state index < -0.39 is 17.5 Å². The van der Waals surface area contributed by atoms with Gasteiger partial charge in [0.25, 0.3) is 0 Å². The molecule has 2 fully saturated rings. The largest absolute Gasteiger partial charge is 0.391 e. The lowest BCUT2D eigenvalue weighted by atomic mass is 9.82. The average molecular weight is 292 g/mol. The predicted octanol–water partition coefficient (Wildman–Crippen LogP) is 2.74. The Morgan fingerprint density at radius 1 is 1.20 bits per heavy atom. The molecule has 2 unspecified atom stereocenters. The number of carbonyl (C=O) groups is 1. The lowest BCUT2D eigenvalue weighted by Crippen LogP contribution is -2.49. The van der Waals surface area contributed by atoms with Gasteiger partial charge in [-0.25, -0.2) is 0 Å². The van der Waals surface area contributed by atoms with Gasteiger partial charge in [0, 0.05) is 12.6 Å². The number of carbonyl (C=O) groups excluding carboxylic acids is 1. The molecule has 1 amide bonds. The minimum absolute atomic E-state index is 0.00981. The fourth-order valence-electron chi connectivity index (χ4n) is 3.53. The molecule has 0 aromatic carbocycles. The topological polar surface area (TPSA) is 55.1 Å². The number of hydrogen-bond donors (Lipinski definition) is 2. The molecule has 0 saturated heterocycles. The SMILES string of the molecule is NCC1(C(=O)NC2CCCC(C(F)(F)F)C2)CCCC1. The molecule has 2 rings (SSSR count). The van der Waals surface area contributed by atoms with Gasteiger partial charge >= 0.3 is 6.18 Å². The van der Waals surface area contributed by atoms with Gasteiger partial charge in [-0.1, -0.05) is 19.3 Å². The first-order valence-electron chi connectivity index (χ1n) is 7.45. The summed E-state index contributed by atoms with van der Waals surface area (Å²) in [6, 6.07) is -0.355. The van der Waals surface area contributed by atoms with E-state index in [2.05, 4.69) is 5.32 Å². The zero-order valence-corrected chi connectivity index (χ0v) is 11.6. The molecule has 3 nitrogen and oxygen atoms in total. The van der Waals surface area contributed by atoms with Gasteiger partial charge in [0.2, 0.25) is 5.91 Å². The molecule has 2 saturated carbocycles. The second-order valence-electron chi connectivity index (χ2n) is 6.27. The van der Waals surface area contributed by atoms with Gasteiger partial charge in [0.05, 0.1) is 11.3 Å². The first-order valence-corrected chi connectivity index (χ1v) is 7.45. The van der Waals surface area contributed by atoms with E-state index >= 15 is 0 Å². The summed E-state index contributed by atoms with van der Waals surface area (Å²) < 4.78 is 38.3. The summed E-state index contributed by atoms with van der Waals surface area (Å²) in [5.41, 5.74) is 5.19. The van der Waals surface area contributed by atoms with E-state index in [9.17, 15) is 18.0 Å². The van der Waals surface area contributed by atoms with Gasteiger partial charge in [0.1, 0.15) is 0 Å². The number of amides is 1. The minimum Gasteiger partial charge on any atom is -0.353 e. The molecule has 0 radical (unpaired) electrons. The maximum Gasteiger partial charge on any atom is 0.391 e. The molecule has 3 N–H and O–H groups in total. The van der Waals surface area contributed by atoms with Crippen molar-refractivity contribution in [3.63, 3.8) is 0 Å². The molecule has 0 aliphatic heterocycles. The average Bonchev–Trinajstić information content (AvgIpc) is 2.88. The van der Waals surface area contributed by atoms with Gasteiger partial charge in [-0.05, 0) is 32.1 Å². The van der Waals surface area contributed by atoms with Crippen molar-refractivity contribution < 1.29 is 18.0 Å². The molecular formula is C14H23F3N2O. The smallest absolute Gasteiger partial charge is 0.353 e. The van der Waals surface area contributed by atoms with E-state index in [1.807, 2.05) is 0 Å². The first-order chi connectivity index (χ1) is 9.37. The van der Waals surface area contributed by atoms with Crippen molar-refractivity contribution in [3.05, 3.63) is 0 Å². The molecule has 0 spiro atoms. The Morgan fingerprint density at radius 2 is 1.85 bits per heavy atom. The molecule has 0 bridgehead atoms. The highest BCUT2D eigenvalue weighted by Gasteiger charge is 2.44. The standard InChI is InChI=1S/C14H23F3N2O/c15-14(16,17)10-4-3-5-11(8-10)19-12(20)13(9-18)6-1-2-7-13/h10-11H,1-9,18H2,(H,19,20). The Morgan fingerprint density at radius 3 is 2.40 bits per heavy atom. The third kappa shape index (κ3) is 3.27. The van der Waals surface area contributed by atoms with Gasteiger partial charge in [-0.15, -0.1) is 0 Å². The second kappa shape index (κ2) is 5.92. The summed E-state index contributed by atoms with van der Waals surface area (Å²) in [6.07, 6.45) is 0.649. The fraction of sp³-hybridized carbons (Fsp3) is 0.929. The van der Waals surface area contributed by atoms with Gasteiger partial charge in [-0.2, -0.15) is 13.2 Å². The van der Waals surface area contributed by atoms with Crippen molar-refractivity contribution in [3.8, 4) is 0 Å². The van der Waals surface area contributed by atoms with Crippen LogP contribution < -0.4 is 11.1 Å². The maximum absolute atomic E-state index is 12.8. The summed E-state index contributed by atoms with van der Waals surface area (Å²) in [5, 5.41) is 2.84. The van der Waals surface area contributed by atoms with Crippen LogP contribution in [0, 0.1) is 11.3 Å². The molecule has 116 valence electrons. The Bertz CT molecular complexity index is 351. The van der Waals surface area contributed by atoms with E-state index in [-0.39, 0.29) is 31.3 Å². The molecule has 6 heteroatoms. The van der Waals surface area contributed by atoms with Crippen LogP contribution in [0.3, 0.4) is 0 Å². The second-order valence-corrected chi connectivity index (χ2v) is 6.27. The van der Waals surface area contributed by atoms with E-state index in [1.54, 1.807) is 0 Å². The zero-order valence-electron chi connectivity index (χ0n) is 11.6.